The van der Waals surface area contributed by atoms with Gasteiger partial charge in [-0.1, -0.05) is 73.7 Å². The topological polar surface area (TPSA) is 116 Å². The molecule has 0 bridgehead atoms. The van der Waals surface area contributed by atoms with Gasteiger partial charge in [-0.15, -0.1) is 0 Å². The third-order valence-corrected chi connectivity index (χ3v) is 6.89. The fraction of sp³-hybridized carbons (Fsp3) is 0.161. The molecule has 196 valence electrons. The van der Waals surface area contributed by atoms with Crippen molar-refractivity contribution in [3.05, 3.63) is 107 Å². The Morgan fingerprint density at radius 3 is 2.00 bits per heavy atom. The summed E-state index contributed by atoms with van der Waals surface area (Å²) in [4.78, 5) is 52.3. The molecule has 1 fully saturated rings. The zero-order valence-electron chi connectivity index (χ0n) is 21.3. The summed E-state index contributed by atoms with van der Waals surface area (Å²) in [6.45, 7) is 2.09. The minimum atomic E-state index is -0.560. The summed E-state index contributed by atoms with van der Waals surface area (Å²) in [6.07, 6.45) is 0.0904. The van der Waals surface area contributed by atoms with Gasteiger partial charge in [-0.25, -0.2) is 4.90 Å². The van der Waals surface area contributed by atoms with Gasteiger partial charge in [-0.05, 0) is 29.3 Å². The first-order valence-corrected chi connectivity index (χ1v) is 12.6. The van der Waals surface area contributed by atoms with E-state index < -0.39 is 11.8 Å². The number of phenolic OH excluding ortho intramolecular Hbond substituents is 1. The Hall–Kier alpha value is -4.98. The molecule has 3 N–H and O–H groups in total. The van der Waals surface area contributed by atoms with Gasteiger partial charge in [0.2, 0.25) is 11.8 Å². The highest BCUT2D eigenvalue weighted by molar-refractivity contribution is 6.25. The third kappa shape index (κ3) is 5.09. The van der Waals surface area contributed by atoms with E-state index in [9.17, 15) is 24.3 Å². The normalized spacial score (nSPS) is 15.0. The minimum Gasteiger partial charge on any atom is -0.506 e. The number of phenols is 1. The van der Waals surface area contributed by atoms with Gasteiger partial charge in [0.25, 0.3) is 11.8 Å². The Kier molecular flexibility index (Phi) is 7.10. The molecule has 4 aromatic carbocycles. The fourth-order valence-electron chi connectivity index (χ4n) is 4.78. The number of fused-ring (bicyclic) bond motifs is 1. The maximum atomic E-state index is 13.3. The summed E-state index contributed by atoms with van der Waals surface area (Å²) < 4.78 is 0. The number of hydrogen-bond acceptors (Lipinski definition) is 5. The van der Waals surface area contributed by atoms with Crippen LogP contribution in [0.4, 0.5) is 5.69 Å². The van der Waals surface area contributed by atoms with Crippen molar-refractivity contribution in [1.29, 1.82) is 0 Å². The number of carbonyl (C=O) groups excluding carboxylic acids is 4. The maximum absolute atomic E-state index is 13.3. The van der Waals surface area contributed by atoms with Crippen LogP contribution in [0.3, 0.4) is 0 Å². The fourth-order valence-corrected chi connectivity index (χ4v) is 4.78. The summed E-state index contributed by atoms with van der Waals surface area (Å²) in [6, 6.07) is 24.5. The van der Waals surface area contributed by atoms with E-state index in [4.69, 9.17) is 0 Å². The number of amides is 4. The number of rotatable bonds is 7. The summed E-state index contributed by atoms with van der Waals surface area (Å²) in [5, 5.41) is 17.6. The van der Waals surface area contributed by atoms with E-state index in [1.807, 2.05) is 30.3 Å². The van der Waals surface area contributed by atoms with Crippen LogP contribution < -0.4 is 15.5 Å². The van der Waals surface area contributed by atoms with E-state index in [-0.39, 0.29) is 54.2 Å². The molecule has 0 aromatic heterocycles. The number of carbonyl (C=O) groups is 4. The lowest BCUT2D eigenvalue weighted by atomic mass is 10.0. The van der Waals surface area contributed by atoms with Crippen molar-refractivity contribution in [3.63, 3.8) is 0 Å². The van der Waals surface area contributed by atoms with E-state index >= 15 is 0 Å². The van der Waals surface area contributed by atoms with Crippen molar-refractivity contribution in [2.45, 2.75) is 26.4 Å². The van der Waals surface area contributed by atoms with Gasteiger partial charge in [0.15, 0.2) is 0 Å². The van der Waals surface area contributed by atoms with E-state index in [1.54, 1.807) is 55.5 Å². The lowest BCUT2D eigenvalue weighted by Crippen LogP contribution is -2.31. The maximum Gasteiger partial charge on any atom is 0.255 e. The smallest absolute Gasteiger partial charge is 0.255 e. The number of hydrogen-bond donors (Lipinski definition) is 3. The molecule has 0 radical (unpaired) electrons. The van der Waals surface area contributed by atoms with E-state index in [1.165, 1.54) is 6.07 Å². The lowest BCUT2D eigenvalue weighted by molar-refractivity contribution is -0.122. The van der Waals surface area contributed by atoms with Crippen molar-refractivity contribution >= 4 is 40.1 Å². The first-order chi connectivity index (χ1) is 18.8. The Morgan fingerprint density at radius 2 is 1.38 bits per heavy atom. The Balaban J connectivity index is 1.38. The van der Waals surface area contributed by atoms with Gasteiger partial charge in [0.05, 0.1) is 11.3 Å². The number of benzene rings is 4. The second kappa shape index (κ2) is 10.8. The average Bonchev–Trinajstić information content (AvgIpc) is 3.22. The average molecular weight is 522 g/mol. The molecule has 1 heterocycles. The summed E-state index contributed by atoms with van der Waals surface area (Å²) in [7, 11) is 0. The largest absolute Gasteiger partial charge is 0.506 e. The first kappa shape index (κ1) is 25.7. The molecule has 0 spiro atoms. The number of nitrogens with one attached hydrogen (secondary N) is 2. The highest BCUT2D eigenvalue weighted by Gasteiger charge is 2.38. The molecule has 4 aromatic rings. The zero-order chi connectivity index (χ0) is 27.5. The van der Waals surface area contributed by atoms with Crippen LogP contribution in [0.5, 0.6) is 5.75 Å². The molecule has 0 aliphatic carbocycles. The zero-order valence-corrected chi connectivity index (χ0v) is 21.3. The highest BCUT2D eigenvalue weighted by Crippen LogP contribution is 2.39. The minimum absolute atomic E-state index is 0.0429. The second-order valence-corrected chi connectivity index (χ2v) is 9.51. The van der Waals surface area contributed by atoms with Crippen LogP contribution >= 0.6 is 0 Å². The molecule has 5 rings (SSSR count). The summed E-state index contributed by atoms with van der Waals surface area (Å²) in [5.74, 6) is -2.14. The van der Waals surface area contributed by atoms with Crippen molar-refractivity contribution in [2.24, 2.45) is 5.92 Å². The van der Waals surface area contributed by atoms with E-state index in [0.717, 1.165) is 16.0 Å². The number of aromatic hydroxyl groups is 1. The van der Waals surface area contributed by atoms with Gasteiger partial charge in [0, 0.05) is 41.8 Å². The molecule has 0 saturated carbocycles. The van der Waals surface area contributed by atoms with Crippen LogP contribution in [0.15, 0.2) is 84.9 Å². The Morgan fingerprint density at radius 1 is 0.821 bits per heavy atom. The molecule has 1 aliphatic heterocycles. The standard InChI is InChI=1S/C31H27N3O5/c1-19-15-27(35)34(31(19)39)26-16-25(28(36)24-14-8-7-13-23(24)26)30(38)33-18-22-12-6-5-11-21(22)17-32-29(37)20-9-3-2-4-10-20/h2-14,16,19,36H,15,17-18H2,1H3,(H,32,37)(H,33,38). The Bertz CT molecular complexity index is 1600. The van der Waals surface area contributed by atoms with E-state index in [2.05, 4.69) is 10.6 Å². The van der Waals surface area contributed by atoms with Gasteiger partial charge < -0.3 is 15.7 Å². The van der Waals surface area contributed by atoms with Crippen molar-refractivity contribution in [2.75, 3.05) is 4.90 Å². The monoisotopic (exact) mass is 521 g/mol. The molecule has 1 atom stereocenters. The van der Waals surface area contributed by atoms with Gasteiger partial charge >= 0.3 is 0 Å². The van der Waals surface area contributed by atoms with Crippen LogP contribution in [0.25, 0.3) is 10.8 Å². The number of imide groups is 1. The number of anilines is 1. The van der Waals surface area contributed by atoms with Crippen LogP contribution in [0.2, 0.25) is 0 Å². The van der Waals surface area contributed by atoms with Crippen molar-refractivity contribution < 1.29 is 24.3 Å². The van der Waals surface area contributed by atoms with Crippen LogP contribution in [-0.2, 0) is 22.7 Å². The predicted molar refractivity (Wildman–Crippen MR) is 147 cm³/mol. The van der Waals surface area contributed by atoms with Crippen molar-refractivity contribution in [1.82, 2.24) is 10.6 Å². The predicted octanol–water partition coefficient (Wildman–Crippen LogP) is 4.30. The molecule has 1 aliphatic rings. The summed E-state index contributed by atoms with van der Waals surface area (Å²) >= 11 is 0. The molecule has 39 heavy (non-hydrogen) atoms. The lowest BCUT2D eigenvalue weighted by Gasteiger charge is -2.20. The quantitative estimate of drug-likeness (QED) is 0.314. The van der Waals surface area contributed by atoms with E-state index in [0.29, 0.717) is 16.3 Å². The second-order valence-electron chi connectivity index (χ2n) is 9.51. The van der Waals surface area contributed by atoms with Crippen LogP contribution in [0.1, 0.15) is 45.2 Å². The highest BCUT2D eigenvalue weighted by atomic mass is 16.3. The first-order valence-electron chi connectivity index (χ1n) is 12.6. The molecule has 1 unspecified atom stereocenters. The molecular formula is C31H27N3O5. The van der Waals surface area contributed by atoms with Gasteiger partial charge in [-0.3, -0.25) is 19.2 Å². The molecular weight excluding hydrogens is 494 g/mol. The molecule has 4 amide bonds. The van der Waals surface area contributed by atoms with Crippen LogP contribution in [0, 0.1) is 5.92 Å². The Labute approximate surface area is 225 Å². The van der Waals surface area contributed by atoms with Crippen LogP contribution in [-0.4, -0.2) is 28.7 Å². The third-order valence-electron chi connectivity index (χ3n) is 6.89. The van der Waals surface area contributed by atoms with Gasteiger partial charge in [0.1, 0.15) is 5.75 Å². The molecule has 8 nitrogen and oxygen atoms in total. The number of nitrogens with zero attached hydrogens (tertiary/aromatic N) is 1. The summed E-state index contributed by atoms with van der Waals surface area (Å²) in [5.41, 5.74) is 2.40. The SMILES string of the molecule is CC1CC(=O)N(c2cc(C(=O)NCc3ccccc3CNC(=O)c3ccccc3)c(O)c3ccccc23)C1=O. The molecule has 1 saturated heterocycles. The van der Waals surface area contributed by atoms with Gasteiger partial charge in [-0.2, -0.15) is 0 Å². The molecule has 8 heteroatoms. The van der Waals surface area contributed by atoms with Crippen molar-refractivity contribution in [3.8, 4) is 5.75 Å².